The van der Waals surface area contributed by atoms with Crippen molar-refractivity contribution >= 4 is 11.8 Å². The Kier molecular flexibility index (Phi) is 4.25. The van der Waals surface area contributed by atoms with Crippen LogP contribution in [0.15, 0.2) is 36.8 Å². The van der Waals surface area contributed by atoms with Gasteiger partial charge in [-0.05, 0) is 18.6 Å². The van der Waals surface area contributed by atoms with Crippen molar-refractivity contribution in [3.05, 3.63) is 42.4 Å². The van der Waals surface area contributed by atoms with Gasteiger partial charge < -0.3 is 10.6 Å². The van der Waals surface area contributed by atoms with E-state index in [9.17, 15) is 0 Å². The molecule has 0 bridgehead atoms. The molecule has 2 aromatic rings. The van der Waals surface area contributed by atoms with Crippen LogP contribution in [0.5, 0.6) is 0 Å². The zero-order valence-electron chi connectivity index (χ0n) is 12.0. The molecular formula is C15H20N6. The van der Waals surface area contributed by atoms with Gasteiger partial charge in [-0.15, -0.1) is 0 Å². The number of hydrogen-bond donors (Lipinski definition) is 1. The highest BCUT2D eigenvalue weighted by Gasteiger charge is 2.17. The van der Waals surface area contributed by atoms with Gasteiger partial charge in [0.2, 0.25) is 5.95 Å². The molecule has 0 radical (unpaired) electrons. The Morgan fingerprint density at radius 3 is 2.57 bits per heavy atom. The molecule has 1 fully saturated rings. The first-order valence-electron chi connectivity index (χ1n) is 7.26. The number of anilines is 2. The average molecular weight is 284 g/mol. The SMILES string of the molecule is Nc1ncccc1CN1CCCN(c2ncccn2)CC1. The number of nitrogens with two attached hydrogens (primary N) is 1. The Balaban J connectivity index is 1.62. The lowest BCUT2D eigenvalue weighted by molar-refractivity contribution is 0.285. The molecule has 0 aromatic carbocycles. The maximum Gasteiger partial charge on any atom is 0.225 e. The zero-order chi connectivity index (χ0) is 14.5. The highest BCUT2D eigenvalue weighted by atomic mass is 15.3. The predicted octanol–water partition coefficient (Wildman–Crippen LogP) is 1.17. The Hall–Kier alpha value is -2.21. The highest BCUT2D eigenvalue weighted by Crippen LogP contribution is 2.14. The van der Waals surface area contributed by atoms with Gasteiger partial charge in [0.1, 0.15) is 5.82 Å². The third-order valence-electron chi connectivity index (χ3n) is 3.74. The molecule has 0 atom stereocenters. The molecule has 2 N–H and O–H groups in total. The molecule has 1 aliphatic rings. The molecule has 6 heteroatoms. The van der Waals surface area contributed by atoms with E-state index in [4.69, 9.17) is 5.73 Å². The Bertz CT molecular complexity index is 573. The molecule has 0 saturated carbocycles. The maximum absolute atomic E-state index is 5.93. The van der Waals surface area contributed by atoms with Gasteiger partial charge >= 0.3 is 0 Å². The highest BCUT2D eigenvalue weighted by molar-refractivity contribution is 5.38. The fourth-order valence-corrected chi connectivity index (χ4v) is 2.61. The summed E-state index contributed by atoms with van der Waals surface area (Å²) in [4.78, 5) is 17.5. The second kappa shape index (κ2) is 6.49. The largest absolute Gasteiger partial charge is 0.383 e. The van der Waals surface area contributed by atoms with Crippen LogP contribution >= 0.6 is 0 Å². The first kappa shape index (κ1) is 13.8. The third kappa shape index (κ3) is 3.46. The molecule has 0 spiro atoms. The minimum atomic E-state index is 0.630. The second-order valence-electron chi connectivity index (χ2n) is 5.21. The third-order valence-corrected chi connectivity index (χ3v) is 3.74. The first-order chi connectivity index (χ1) is 10.3. The molecule has 0 aliphatic carbocycles. The van der Waals surface area contributed by atoms with Gasteiger partial charge in [-0.3, -0.25) is 4.90 Å². The number of pyridine rings is 1. The van der Waals surface area contributed by atoms with Crippen molar-refractivity contribution in [1.29, 1.82) is 0 Å². The predicted molar refractivity (Wildman–Crippen MR) is 82.8 cm³/mol. The van der Waals surface area contributed by atoms with E-state index in [-0.39, 0.29) is 0 Å². The second-order valence-corrected chi connectivity index (χ2v) is 5.21. The summed E-state index contributed by atoms with van der Waals surface area (Å²) in [6.45, 7) is 4.81. The lowest BCUT2D eigenvalue weighted by atomic mass is 10.2. The van der Waals surface area contributed by atoms with E-state index in [0.29, 0.717) is 5.82 Å². The fraction of sp³-hybridized carbons (Fsp3) is 0.400. The summed E-state index contributed by atoms with van der Waals surface area (Å²) < 4.78 is 0. The van der Waals surface area contributed by atoms with Crippen LogP contribution in [0.2, 0.25) is 0 Å². The number of nitrogens with zero attached hydrogens (tertiary/aromatic N) is 5. The molecule has 3 heterocycles. The molecule has 2 aromatic heterocycles. The van der Waals surface area contributed by atoms with Crippen LogP contribution in [-0.2, 0) is 6.54 Å². The van der Waals surface area contributed by atoms with Crippen molar-refractivity contribution in [3.8, 4) is 0 Å². The molecule has 0 unspecified atom stereocenters. The molecule has 1 saturated heterocycles. The van der Waals surface area contributed by atoms with Crippen molar-refractivity contribution in [2.45, 2.75) is 13.0 Å². The smallest absolute Gasteiger partial charge is 0.225 e. The van der Waals surface area contributed by atoms with Crippen LogP contribution in [-0.4, -0.2) is 46.0 Å². The quantitative estimate of drug-likeness (QED) is 0.912. The van der Waals surface area contributed by atoms with Crippen molar-refractivity contribution < 1.29 is 0 Å². The van der Waals surface area contributed by atoms with E-state index < -0.39 is 0 Å². The first-order valence-corrected chi connectivity index (χ1v) is 7.26. The van der Waals surface area contributed by atoms with E-state index in [1.54, 1.807) is 18.6 Å². The topological polar surface area (TPSA) is 71.2 Å². The van der Waals surface area contributed by atoms with Crippen LogP contribution in [0, 0.1) is 0 Å². The summed E-state index contributed by atoms with van der Waals surface area (Å²) in [6, 6.07) is 5.83. The standard InChI is InChI=1S/C15H20N6/c16-14-13(4-1-5-17-14)12-20-8-3-9-21(11-10-20)15-18-6-2-7-19-15/h1-2,4-7H,3,8-12H2,(H2,16,17). The van der Waals surface area contributed by atoms with Gasteiger partial charge in [0.25, 0.3) is 0 Å². The number of rotatable bonds is 3. The summed E-state index contributed by atoms with van der Waals surface area (Å²) >= 11 is 0. The Morgan fingerprint density at radius 1 is 0.952 bits per heavy atom. The van der Waals surface area contributed by atoms with Crippen LogP contribution in [0.25, 0.3) is 0 Å². The van der Waals surface area contributed by atoms with Gasteiger partial charge in [0, 0.05) is 56.9 Å². The van der Waals surface area contributed by atoms with E-state index in [0.717, 1.165) is 50.7 Å². The summed E-state index contributed by atoms with van der Waals surface area (Å²) in [5, 5.41) is 0. The summed E-state index contributed by atoms with van der Waals surface area (Å²) in [5.74, 6) is 1.45. The van der Waals surface area contributed by atoms with Gasteiger partial charge in [-0.25, -0.2) is 15.0 Å². The van der Waals surface area contributed by atoms with Crippen LogP contribution in [0.3, 0.4) is 0 Å². The molecule has 21 heavy (non-hydrogen) atoms. The summed E-state index contributed by atoms with van der Waals surface area (Å²) in [6.07, 6.45) is 6.41. The van der Waals surface area contributed by atoms with E-state index >= 15 is 0 Å². The molecule has 1 aliphatic heterocycles. The molecule has 3 rings (SSSR count). The van der Waals surface area contributed by atoms with E-state index in [1.165, 1.54) is 0 Å². The van der Waals surface area contributed by atoms with E-state index in [2.05, 4.69) is 24.8 Å². The number of nitrogen functional groups attached to an aromatic ring is 1. The zero-order valence-corrected chi connectivity index (χ0v) is 12.0. The summed E-state index contributed by atoms with van der Waals surface area (Å²) in [7, 11) is 0. The molecule has 6 nitrogen and oxygen atoms in total. The average Bonchev–Trinajstić information content (AvgIpc) is 2.76. The van der Waals surface area contributed by atoms with E-state index in [1.807, 2.05) is 18.2 Å². The van der Waals surface area contributed by atoms with Crippen molar-refractivity contribution in [2.24, 2.45) is 0 Å². The molecular weight excluding hydrogens is 264 g/mol. The van der Waals surface area contributed by atoms with Gasteiger partial charge in [-0.2, -0.15) is 0 Å². The lowest BCUT2D eigenvalue weighted by Crippen LogP contribution is -2.31. The van der Waals surface area contributed by atoms with Crippen LogP contribution in [0.4, 0.5) is 11.8 Å². The Labute approximate surface area is 124 Å². The lowest BCUT2D eigenvalue weighted by Gasteiger charge is -2.22. The van der Waals surface area contributed by atoms with Crippen LogP contribution in [0.1, 0.15) is 12.0 Å². The summed E-state index contributed by atoms with van der Waals surface area (Å²) in [5.41, 5.74) is 7.03. The minimum Gasteiger partial charge on any atom is -0.383 e. The Morgan fingerprint density at radius 2 is 1.76 bits per heavy atom. The fourth-order valence-electron chi connectivity index (χ4n) is 2.61. The molecule has 110 valence electrons. The maximum atomic E-state index is 5.93. The van der Waals surface area contributed by atoms with Crippen molar-refractivity contribution in [2.75, 3.05) is 36.8 Å². The van der Waals surface area contributed by atoms with Gasteiger partial charge in [0.05, 0.1) is 0 Å². The van der Waals surface area contributed by atoms with Gasteiger partial charge in [-0.1, -0.05) is 6.07 Å². The minimum absolute atomic E-state index is 0.630. The monoisotopic (exact) mass is 284 g/mol. The van der Waals surface area contributed by atoms with Crippen molar-refractivity contribution in [1.82, 2.24) is 19.9 Å². The number of hydrogen-bond acceptors (Lipinski definition) is 6. The van der Waals surface area contributed by atoms with Crippen molar-refractivity contribution in [3.63, 3.8) is 0 Å². The normalized spacial score (nSPS) is 16.7. The van der Waals surface area contributed by atoms with Gasteiger partial charge in [0.15, 0.2) is 0 Å². The molecule has 0 amide bonds. The number of aromatic nitrogens is 3. The van der Waals surface area contributed by atoms with Crippen LogP contribution < -0.4 is 10.6 Å².